The van der Waals surface area contributed by atoms with E-state index in [1.165, 1.54) is 16.6 Å². The van der Waals surface area contributed by atoms with Gasteiger partial charge in [-0.2, -0.15) is 4.31 Å². The topological polar surface area (TPSA) is 155 Å². The van der Waals surface area contributed by atoms with E-state index in [4.69, 9.17) is 4.42 Å². The molecule has 3 aromatic rings. The normalized spacial score (nSPS) is 19.1. The van der Waals surface area contributed by atoms with Gasteiger partial charge in [-0.25, -0.2) is 18.4 Å². The summed E-state index contributed by atoms with van der Waals surface area (Å²) >= 11 is 0. The molecule has 12 heteroatoms. The predicted molar refractivity (Wildman–Crippen MR) is 148 cm³/mol. The lowest BCUT2D eigenvalue weighted by Gasteiger charge is -2.27. The number of nitrogens with one attached hydrogen (secondary N) is 2. The second-order valence-electron chi connectivity index (χ2n) is 10.3. The van der Waals surface area contributed by atoms with Crippen molar-refractivity contribution < 1.29 is 27.5 Å². The quantitative estimate of drug-likeness (QED) is 0.355. The number of aliphatic hydroxyl groups is 1. The number of aromatic nitrogens is 2. The Bertz CT molecular complexity index is 1410. The van der Waals surface area contributed by atoms with Gasteiger partial charge in [0.15, 0.2) is 10.7 Å². The van der Waals surface area contributed by atoms with Crippen LogP contribution in [0.4, 0.5) is 0 Å². The summed E-state index contributed by atoms with van der Waals surface area (Å²) in [6.07, 6.45) is 1.40. The van der Waals surface area contributed by atoms with Gasteiger partial charge in [0, 0.05) is 24.8 Å². The van der Waals surface area contributed by atoms with E-state index in [2.05, 4.69) is 20.6 Å². The van der Waals surface area contributed by atoms with Crippen molar-refractivity contribution in [3.63, 3.8) is 0 Å². The number of rotatable bonds is 9. The van der Waals surface area contributed by atoms with Crippen LogP contribution in [-0.2, 0) is 14.8 Å². The highest BCUT2D eigenvalue weighted by molar-refractivity contribution is 7.89. The maximum absolute atomic E-state index is 13.4. The minimum Gasteiger partial charge on any atom is -0.441 e. The largest absolute Gasteiger partial charge is 0.441 e. The van der Waals surface area contributed by atoms with E-state index in [1.807, 2.05) is 44.2 Å². The Labute approximate surface area is 234 Å². The first-order chi connectivity index (χ1) is 19.1. The molecular weight excluding hydrogens is 534 g/mol. The third kappa shape index (κ3) is 6.93. The summed E-state index contributed by atoms with van der Waals surface area (Å²) in [5.74, 6) is -0.296. The number of hydrogen-bond acceptors (Lipinski definition) is 8. The van der Waals surface area contributed by atoms with Crippen LogP contribution < -0.4 is 10.6 Å². The van der Waals surface area contributed by atoms with Crippen molar-refractivity contribution in [2.45, 2.75) is 63.2 Å². The van der Waals surface area contributed by atoms with Crippen LogP contribution in [0.1, 0.15) is 49.4 Å². The first-order valence-corrected chi connectivity index (χ1v) is 14.7. The number of oxazole rings is 1. The number of hydrogen-bond donors (Lipinski definition) is 3. The lowest BCUT2D eigenvalue weighted by molar-refractivity contribution is -0.125. The van der Waals surface area contributed by atoms with Crippen molar-refractivity contribution in [3.8, 4) is 11.5 Å². The summed E-state index contributed by atoms with van der Waals surface area (Å²) in [5.41, 5.74) is 0.813. The Morgan fingerprint density at radius 1 is 1.15 bits per heavy atom. The van der Waals surface area contributed by atoms with Crippen LogP contribution in [-0.4, -0.2) is 70.9 Å². The minimum atomic E-state index is -3.89. The molecule has 3 N–H and O–H groups in total. The van der Waals surface area contributed by atoms with Gasteiger partial charge >= 0.3 is 0 Å². The number of sulfonamides is 1. The maximum atomic E-state index is 13.4. The first-order valence-electron chi connectivity index (χ1n) is 13.3. The predicted octanol–water partition coefficient (Wildman–Crippen LogP) is 2.52. The fourth-order valence-electron chi connectivity index (χ4n) is 4.65. The van der Waals surface area contributed by atoms with Gasteiger partial charge in [-0.3, -0.25) is 9.59 Å². The van der Waals surface area contributed by atoms with E-state index >= 15 is 0 Å². The van der Waals surface area contributed by atoms with Gasteiger partial charge in [0.05, 0.1) is 12.1 Å². The number of aliphatic hydroxyl groups excluding tert-OH is 1. The van der Waals surface area contributed by atoms with Gasteiger partial charge in [0.25, 0.3) is 15.9 Å². The van der Waals surface area contributed by atoms with E-state index in [1.54, 1.807) is 19.1 Å². The summed E-state index contributed by atoms with van der Waals surface area (Å²) in [6.45, 7) is 5.50. The molecule has 1 fully saturated rings. The zero-order valence-corrected chi connectivity index (χ0v) is 23.6. The van der Waals surface area contributed by atoms with Crippen LogP contribution in [0.3, 0.4) is 0 Å². The highest BCUT2D eigenvalue weighted by Crippen LogP contribution is 2.22. The Kier molecular flexibility index (Phi) is 9.33. The molecule has 1 aliphatic rings. The summed E-state index contributed by atoms with van der Waals surface area (Å²) < 4.78 is 32.9. The number of benzene rings is 1. The third-order valence-electron chi connectivity index (χ3n) is 6.71. The Morgan fingerprint density at radius 3 is 2.55 bits per heavy atom. The highest BCUT2D eigenvalue weighted by Gasteiger charge is 2.35. The number of aryl methyl sites for hydroxylation is 1. The molecule has 214 valence electrons. The monoisotopic (exact) mass is 569 g/mol. The molecule has 1 aromatic carbocycles. The smallest absolute Gasteiger partial charge is 0.274 e. The maximum Gasteiger partial charge on any atom is 0.274 e. The standard InChI is InChI=1S/C28H35N5O6S/c1-18(2)16-22(31-27(36)25-19(3)39-28(32-25)20-10-5-4-6-11-20)26(35)30-21-12-9-15-33(17-23(21)34)40(37,38)24-13-7-8-14-29-24/h4-8,10-11,13-14,18,21-23,34H,9,12,15-17H2,1-3H3,(H,30,35)(H,31,36)/t21?,22-,23?/m0/s1. The van der Waals surface area contributed by atoms with Crippen molar-refractivity contribution in [2.24, 2.45) is 5.92 Å². The molecule has 2 aromatic heterocycles. The molecule has 1 aliphatic heterocycles. The molecule has 0 spiro atoms. The molecule has 4 rings (SSSR count). The Morgan fingerprint density at radius 2 is 1.88 bits per heavy atom. The molecular formula is C28H35N5O6S. The molecule has 0 radical (unpaired) electrons. The molecule has 40 heavy (non-hydrogen) atoms. The van der Waals surface area contributed by atoms with E-state index in [0.717, 1.165) is 5.56 Å². The van der Waals surface area contributed by atoms with Gasteiger partial charge in [-0.1, -0.05) is 38.1 Å². The second kappa shape index (κ2) is 12.7. The molecule has 0 saturated carbocycles. The number of pyridine rings is 1. The SMILES string of the molecule is Cc1oc(-c2ccccc2)nc1C(=O)N[C@@H](CC(C)C)C(=O)NC1CCCN(S(=O)(=O)c2ccccn2)CC1O. The zero-order valence-electron chi connectivity index (χ0n) is 22.8. The molecule has 2 unspecified atom stereocenters. The molecule has 3 heterocycles. The van der Waals surface area contributed by atoms with Crippen molar-refractivity contribution >= 4 is 21.8 Å². The van der Waals surface area contributed by atoms with E-state index in [-0.39, 0.29) is 29.7 Å². The van der Waals surface area contributed by atoms with Crippen molar-refractivity contribution in [2.75, 3.05) is 13.1 Å². The minimum absolute atomic E-state index is 0.0763. The molecule has 3 atom stereocenters. The first kappa shape index (κ1) is 29.4. The Balaban J connectivity index is 1.44. The lowest BCUT2D eigenvalue weighted by Crippen LogP contribution is -2.54. The second-order valence-corrected chi connectivity index (χ2v) is 12.2. The lowest BCUT2D eigenvalue weighted by atomic mass is 10.0. The van der Waals surface area contributed by atoms with E-state index < -0.39 is 40.0 Å². The molecule has 2 amide bonds. The van der Waals surface area contributed by atoms with Crippen LogP contribution in [0.2, 0.25) is 0 Å². The van der Waals surface area contributed by atoms with Crippen LogP contribution in [0.25, 0.3) is 11.5 Å². The van der Waals surface area contributed by atoms with Gasteiger partial charge in [-0.15, -0.1) is 0 Å². The van der Waals surface area contributed by atoms with E-state index in [9.17, 15) is 23.1 Å². The van der Waals surface area contributed by atoms with Crippen molar-refractivity contribution in [3.05, 3.63) is 66.2 Å². The van der Waals surface area contributed by atoms with Crippen LogP contribution in [0.5, 0.6) is 0 Å². The van der Waals surface area contributed by atoms with Crippen LogP contribution in [0, 0.1) is 12.8 Å². The molecule has 0 bridgehead atoms. The summed E-state index contributed by atoms with van der Waals surface area (Å²) in [7, 11) is -3.89. The molecule has 1 saturated heterocycles. The fourth-order valence-corrected chi connectivity index (χ4v) is 6.08. The molecule has 11 nitrogen and oxygen atoms in total. The number of carbonyl (C=O) groups excluding carboxylic acids is 2. The zero-order chi connectivity index (χ0) is 28.9. The van der Waals surface area contributed by atoms with Gasteiger partial charge in [0.1, 0.15) is 11.8 Å². The van der Waals surface area contributed by atoms with Crippen LogP contribution >= 0.6 is 0 Å². The Hall–Kier alpha value is -3.61. The number of nitrogens with zero attached hydrogens (tertiary/aromatic N) is 3. The number of β-amino-alcohol motifs (C(OH)–C–C–N with tert-alkyl or cyclic N) is 1. The molecule has 0 aliphatic carbocycles. The average molecular weight is 570 g/mol. The van der Waals surface area contributed by atoms with Crippen molar-refractivity contribution in [1.82, 2.24) is 24.9 Å². The summed E-state index contributed by atoms with van der Waals surface area (Å²) in [4.78, 5) is 34.8. The van der Waals surface area contributed by atoms with Gasteiger partial charge in [-0.05, 0) is 56.4 Å². The third-order valence-corrected chi connectivity index (χ3v) is 8.49. The van der Waals surface area contributed by atoms with Crippen molar-refractivity contribution in [1.29, 1.82) is 0 Å². The summed E-state index contributed by atoms with van der Waals surface area (Å²) in [6, 6.07) is 12.2. The van der Waals surface area contributed by atoms with E-state index in [0.29, 0.717) is 30.9 Å². The van der Waals surface area contributed by atoms with Gasteiger partial charge < -0.3 is 20.2 Å². The van der Waals surface area contributed by atoms with Gasteiger partial charge in [0.2, 0.25) is 11.8 Å². The van der Waals surface area contributed by atoms with Crippen LogP contribution in [0.15, 0.2) is 64.2 Å². The number of amides is 2. The summed E-state index contributed by atoms with van der Waals surface area (Å²) in [5, 5.41) is 16.4. The number of carbonyl (C=O) groups is 2. The fraction of sp³-hybridized carbons (Fsp3) is 0.429. The highest BCUT2D eigenvalue weighted by atomic mass is 32.2. The average Bonchev–Trinajstić information content (AvgIpc) is 3.23.